The van der Waals surface area contributed by atoms with Crippen LogP contribution < -0.4 is 0 Å². The van der Waals surface area contributed by atoms with Crippen molar-refractivity contribution >= 4 is 5.97 Å². The fourth-order valence-corrected chi connectivity index (χ4v) is 3.38. The van der Waals surface area contributed by atoms with E-state index < -0.39 is 6.10 Å². The Kier molecular flexibility index (Phi) is 4.99. The van der Waals surface area contributed by atoms with Crippen LogP contribution in [0.5, 0.6) is 0 Å². The highest BCUT2D eigenvalue weighted by Gasteiger charge is 2.61. The second-order valence-electron chi connectivity index (χ2n) is 7.86. The van der Waals surface area contributed by atoms with Gasteiger partial charge in [-0.15, -0.1) is 0 Å². The van der Waals surface area contributed by atoms with Crippen molar-refractivity contribution in [3.8, 4) is 0 Å². The molecule has 1 aliphatic rings. The van der Waals surface area contributed by atoms with Crippen molar-refractivity contribution in [3.05, 3.63) is 59.3 Å². The largest absolute Gasteiger partial charge is 0.452 e. The van der Waals surface area contributed by atoms with Crippen molar-refractivity contribution in [1.82, 2.24) is 10.1 Å². The summed E-state index contributed by atoms with van der Waals surface area (Å²) in [7, 11) is 0. The van der Waals surface area contributed by atoms with E-state index in [2.05, 4.69) is 30.1 Å². The summed E-state index contributed by atoms with van der Waals surface area (Å²) >= 11 is 0. The molecule has 0 bridgehead atoms. The van der Waals surface area contributed by atoms with Gasteiger partial charge in [0, 0.05) is 6.42 Å². The van der Waals surface area contributed by atoms with Gasteiger partial charge in [-0.05, 0) is 37.7 Å². The fraction of sp³-hybridized carbons (Fsp3) is 0.476. The molecule has 0 aliphatic heterocycles. The molecule has 5 heteroatoms. The van der Waals surface area contributed by atoms with E-state index in [1.54, 1.807) is 6.92 Å². The number of carbonyl (C=O) groups excluding carboxylic acids is 1. The van der Waals surface area contributed by atoms with Gasteiger partial charge in [-0.1, -0.05) is 61.0 Å². The lowest BCUT2D eigenvalue weighted by Crippen LogP contribution is -2.14. The van der Waals surface area contributed by atoms with Crippen LogP contribution in [0.1, 0.15) is 58.0 Å². The highest BCUT2D eigenvalue weighted by molar-refractivity contribution is 5.78. The van der Waals surface area contributed by atoms with Crippen LogP contribution in [0.15, 0.2) is 46.5 Å². The molecule has 1 aromatic heterocycles. The summed E-state index contributed by atoms with van der Waals surface area (Å²) in [5.74, 6) is 0.827. The SMILES string of the molecule is CC(C)=CC1C(C(=O)OC(C)c2nc(Cc3ccccc3)no2)C1(C)C. The summed E-state index contributed by atoms with van der Waals surface area (Å²) in [6.45, 7) is 10.1. The number of allylic oxidation sites excluding steroid dienone is 2. The minimum absolute atomic E-state index is 0.0681. The molecule has 26 heavy (non-hydrogen) atoms. The van der Waals surface area contributed by atoms with Gasteiger partial charge >= 0.3 is 5.97 Å². The number of benzene rings is 1. The average molecular weight is 354 g/mol. The van der Waals surface area contributed by atoms with E-state index in [-0.39, 0.29) is 23.2 Å². The van der Waals surface area contributed by atoms with Gasteiger partial charge in [0.2, 0.25) is 0 Å². The Morgan fingerprint density at radius 1 is 1.31 bits per heavy atom. The number of rotatable bonds is 6. The van der Waals surface area contributed by atoms with Gasteiger partial charge in [-0.25, -0.2) is 0 Å². The van der Waals surface area contributed by atoms with Crippen LogP contribution in [0.3, 0.4) is 0 Å². The second kappa shape index (κ2) is 7.06. The summed E-state index contributed by atoms with van der Waals surface area (Å²) in [4.78, 5) is 16.9. The van der Waals surface area contributed by atoms with Crippen LogP contribution in [0.4, 0.5) is 0 Å². The maximum absolute atomic E-state index is 12.6. The fourth-order valence-electron chi connectivity index (χ4n) is 3.38. The molecule has 3 unspecified atom stereocenters. The van der Waals surface area contributed by atoms with E-state index in [1.165, 1.54) is 5.57 Å². The number of nitrogens with zero attached hydrogens (tertiary/aromatic N) is 2. The first-order valence-corrected chi connectivity index (χ1v) is 9.01. The summed E-state index contributed by atoms with van der Waals surface area (Å²) in [5.41, 5.74) is 2.25. The van der Waals surface area contributed by atoms with E-state index in [9.17, 15) is 4.79 Å². The Morgan fingerprint density at radius 3 is 2.65 bits per heavy atom. The number of ether oxygens (including phenoxy) is 1. The molecule has 1 aromatic carbocycles. The zero-order valence-electron chi connectivity index (χ0n) is 16.0. The van der Waals surface area contributed by atoms with E-state index in [0.717, 1.165) is 5.56 Å². The van der Waals surface area contributed by atoms with Crippen LogP contribution in [-0.2, 0) is 16.0 Å². The Morgan fingerprint density at radius 2 is 2.00 bits per heavy atom. The average Bonchev–Trinajstić information content (AvgIpc) is 2.92. The van der Waals surface area contributed by atoms with Crippen LogP contribution in [0.2, 0.25) is 0 Å². The van der Waals surface area contributed by atoms with Crippen molar-refractivity contribution in [3.63, 3.8) is 0 Å². The molecule has 0 saturated heterocycles. The van der Waals surface area contributed by atoms with Gasteiger partial charge in [-0.3, -0.25) is 4.79 Å². The summed E-state index contributed by atoms with van der Waals surface area (Å²) < 4.78 is 10.9. The Bertz CT molecular complexity index is 804. The van der Waals surface area contributed by atoms with Crippen molar-refractivity contribution < 1.29 is 14.1 Å². The van der Waals surface area contributed by atoms with Crippen LogP contribution in [-0.4, -0.2) is 16.1 Å². The Hall–Kier alpha value is -2.43. The molecule has 0 N–H and O–H groups in total. The number of carbonyl (C=O) groups is 1. The lowest BCUT2D eigenvalue weighted by atomic mass is 10.1. The molecular formula is C21H26N2O3. The molecule has 0 amide bonds. The van der Waals surface area contributed by atoms with Crippen molar-refractivity contribution in [1.29, 1.82) is 0 Å². The van der Waals surface area contributed by atoms with Gasteiger partial charge in [0.1, 0.15) is 0 Å². The first-order valence-electron chi connectivity index (χ1n) is 9.01. The van der Waals surface area contributed by atoms with E-state index >= 15 is 0 Å². The Balaban J connectivity index is 1.61. The topological polar surface area (TPSA) is 65.2 Å². The van der Waals surface area contributed by atoms with Gasteiger partial charge in [-0.2, -0.15) is 4.98 Å². The zero-order valence-corrected chi connectivity index (χ0v) is 16.0. The van der Waals surface area contributed by atoms with E-state index in [0.29, 0.717) is 18.1 Å². The lowest BCUT2D eigenvalue weighted by molar-refractivity contribution is -0.152. The Labute approximate surface area is 154 Å². The standard InChI is InChI=1S/C21H26N2O3/c1-13(2)11-16-18(21(16,4)5)20(24)25-14(3)19-22-17(23-26-19)12-15-9-7-6-8-10-15/h6-11,14,16,18H,12H2,1-5H3. The maximum Gasteiger partial charge on any atom is 0.310 e. The molecule has 5 nitrogen and oxygen atoms in total. The number of hydrogen-bond acceptors (Lipinski definition) is 5. The highest BCUT2D eigenvalue weighted by Crippen LogP contribution is 2.60. The minimum atomic E-state index is -0.553. The smallest absolute Gasteiger partial charge is 0.310 e. The summed E-state index contributed by atoms with van der Waals surface area (Å²) in [6, 6.07) is 9.94. The van der Waals surface area contributed by atoms with Crippen LogP contribution in [0, 0.1) is 17.3 Å². The molecule has 1 heterocycles. The number of aromatic nitrogens is 2. The predicted molar refractivity (Wildman–Crippen MR) is 98.2 cm³/mol. The highest BCUT2D eigenvalue weighted by atomic mass is 16.6. The van der Waals surface area contributed by atoms with Gasteiger partial charge in [0.25, 0.3) is 5.89 Å². The monoisotopic (exact) mass is 354 g/mol. The number of hydrogen-bond donors (Lipinski definition) is 0. The molecule has 3 rings (SSSR count). The van der Waals surface area contributed by atoms with Crippen LogP contribution in [0.25, 0.3) is 0 Å². The first-order chi connectivity index (χ1) is 12.3. The molecule has 1 aliphatic carbocycles. The summed E-state index contributed by atoms with van der Waals surface area (Å²) in [5, 5.41) is 4.00. The molecule has 3 atom stereocenters. The quantitative estimate of drug-likeness (QED) is 0.564. The molecule has 2 aromatic rings. The number of esters is 1. The van der Waals surface area contributed by atoms with Gasteiger partial charge < -0.3 is 9.26 Å². The molecule has 138 valence electrons. The van der Waals surface area contributed by atoms with E-state index in [1.807, 2.05) is 44.2 Å². The minimum Gasteiger partial charge on any atom is -0.452 e. The van der Waals surface area contributed by atoms with E-state index in [4.69, 9.17) is 9.26 Å². The van der Waals surface area contributed by atoms with Crippen molar-refractivity contribution in [2.75, 3.05) is 0 Å². The third-order valence-electron chi connectivity index (χ3n) is 5.01. The molecule has 1 fully saturated rings. The molecule has 1 saturated carbocycles. The summed E-state index contributed by atoms with van der Waals surface area (Å²) in [6.07, 6.45) is 2.19. The predicted octanol–water partition coefficient (Wildman–Crippen LogP) is 4.50. The normalized spacial score (nSPS) is 21.7. The van der Waals surface area contributed by atoms with Gasteiger partial charge in [0.05, 0.1) is 5.92 Å². The lowest BCUT2D eigenvalue weighted by Gasteiger charge is -2.09. The third kappa shape index (κ3) is 3.87. The zero-order chi connectivity index (χ0) is 18.9. The molecule has 0 spiro atoms. The van der Waals surface area contributed by atoms with Crippen LogP contribution >= 0.6 is 0 Å². The third-order valence-corrected chi connectivity index (χ3v) is 5.01. The van der Waals surface area contributed by atoms with Crippen molar-refractivity contribution in [2.45, 2.75) is 47.1 Å². The molecular weight excluding hydrogens is 328 g/mol. The molecule has 0 radical (unpaired) electrons. The second-order valence-corrected chi connectivity index (χ2v) is 7.86. The first kappa shape index (κ1) is 18.4. The maximum atomic E-state index is 12.6. The van der Waals surface area contributed by atoms with Gasteiger partial charge in [0.15, 0.2) is 11.9 Å². The van der Waals surface area contributed by atoms with Crippen molar-refractivity contribution in [2.24, 2.45) is 17.3 Å².